The third kappa shape index (κ3) is 3.94. The molecule has 6 rings (SSSR count). The number of carbonyl (C=O) groups is 1. The minimum absolute atomic E-state index is 0.0613. The second-order valence-electron chi connectivity index (χ2n) is 9.46. The second kappa shape index (κ2) is 8.72. The summed E-state index contributed by atoms with van der Waals surface area (Å²) in [6.07, 6.45) is 9.91. The van der Waals surface area contributed by atoms with Gasteiger partial charge in [-0.2, -0.15) is 5.26 Å². The van der Waals surface area contributed by atoms with Crippen LogP contribution in [0.25, 0.3) is 17.2 Å². The Morgan fingerprint density at radius 2 is 2.11 bits per heavy atom. The fraction of sp³-hybridized carbons (Fsp3) is 0.296. The van der Waals surface area contributed by atoms with Crippen LogP contribution < -0.4 is 5.32 Å². The van der Waals surface area contributed by atoms with E-state index < -0.39 is 11.7 Å². The molecule has 4 aromatic rings. The largest absolute Gasteiger partial charge is 0.323 e. The van der Waals surface area contributed by atoms with Crippen molar-refractivity contribution in [1.29, 1.82) is 5.26 Å². The van der Waals surface area contributed by atoms with Crippen LogP contribution in [-0.4, -0.2) is 30.0 Å². The van der Waals surface area contributed by atoms with Gasteiger partial charge >= 0.3 is 0 Å². The third-order valence-corrected chi connectivity index (χ3v) is 6.93. The van der Waals surface area contributed by atoms with Gasteiger partial charge in [0.2, 0.25) is 0 Å². The number of anilines is 1. The number of imidazole rings is 2. The van der Waals surface area contributed by atoms with E-state index in [0.29, 0.717) is 40.9 Å². The number of hydrogen-bond acceptors (Lipinski definition) is 5. The Balaban J connectivity index is 1.27. The number of amides is 1. The molecular formula is C27H24FN7O. The number of fused-ring (bicyclic) bond motifs is 1. The van der Waals surface area contributed by atoms with Gasteiger partial charge in [0.05, 0.1) is 35.8 Å². The number of hydrogen-bond donors (Lipinski definition) is 1. The van der Waals surface area contributed by atoms with Crippen molar-refractivity contribution in [3.05, 3.63) is 77.4 Å². The lowest BCUT2D eigenvalue weighted by molar-refractivity contribution is 0.102. The van der Waals surface area contributed by atoms with E-state index in [9.17, 15) is 14.4 Å². The Kier molecular flexibility index (Phi) is 5.37. The molecule has 0 bridgehead atoms. The molecule has 4 heterocycles. The van der Waals surface area contributed by atoms with Crippen molar-refractivity contribution in [2.75, 3.05) is 5.32 Å². The van der Waals surface area contributed by atoms with Crippen molar-refractivity contribution < 1.29 is 9.18 Å². The fourth-order valence-corrected chi connectivity index (χ4v) is 4.91. The van der Waals surface area contributed by atoms with Crippen molar-refractivity contribution in [3.8, 4) is 23.3 Å². The summed E-state index contributed by atoms with van der Waals surface area (Å²) in [6.45, 7) is 1.81. The molecule has 1 amide bonds. The smallest absolute Gasteiger partial charge is 0.259 e. The number of rotatable bonds is 6. The molecule has 2 aliphatic rings. The summed E-state index contributed by atoms with van der Waals surface area (Å²) in [5.41, 5.74) is 4.02. The maximum Gasteiger partial charge on any atom is 0.259 e. The highest BCUT2D eigenvalue weighted by molar-refractivity contribution is 6.04. The lowest BCUT2D eigenvalue weighted by Crippen LogP contribution is -2.16. The van der Waals surface area contributed by atoms with Gasteiger partial charge in [0.15, 0.2) is 5.82 Å². The average Bonchev–Trinajstić information content (AvgIpc) is 3.25. The molecule has 1 aliphatic carbocycles. The topological polar surface area (TPSA) is 101 Å². The number of nitrogens with one attached hydrogen (secondary N) is 1. The lowest BCUT2D eigenvalue weighted by atomic mass is 10.1. The van der Waals surface area contributed by atoms with Crippen molar-refractivity contribution in [1.82, 2.24) is 24.1 Å². The van der Waals surface area contributed by atoms with Gasteiger partial charge < -0.3 is 14.5 Å². The monoisotopic (exact) mass is 481 g/mol. The number of benzene rings is 1. The Morgan fingerprint density at radius 3 is 2.92 bits per heavy atom. The van der Waals surface area contributed by atoms with E-state index in [1.54, 1.807) is 24.5 Å². The molecule has 0 unspecified atom stereocenters. The normalized spacial score (nSPS) is 16.5. The maximum absolute atomic E-state index is 14.9. The highest BCUT2D eigenvalue weighted by atomic mass is 19.1. The van der Waals surface area contributed by atoms with E-state index >= 15 is 0 Å². The van der Waals surface area contributed by atoms with Crippen LogP contribution in [0.4, 0.5) is 10.2 Å². The molecule has 3 aromatic heterocycles. The first-order valence-electron chi connectivity index (χ1n) is 12.1. The van der Waals surface area contributed by atoms with E-state index in [0.717, 1.165) is 37.1 Å². The molecule has 9 heteroatoms. The Morgan fingerprint density at radius 1 is 1.25 bits per heavy atom. The van der Waals surface area contributed by atoms with Crippen LogP contribution in [0.15, 0.2) is 49.1 Å². The van der Waals surface area contributed by atoms with Gasteiger partial charge in [-0.15, -0.1) is 0 Å². The molecule has 1 aliphatic heterocycles. The second-order valence-corrected chi connectivity index (χ2v) is 9.46. The predicted octanol–water partition coefficient (Wildman–Crippen LogP) is 5.11. The Labute approximate surface area is 207 Å². The number of nitrogens with zero attached hydrogens (tertiary/aromatic N) is 6. The van der Waals surface area contributed by atoms with Gasteiger partial charge in [-0.05, 0) is 62.4 Å². The summed E-state index contributed by atoms with van der Waals surface area (Å²) in [6, 6.07) is 10.5. The van der Waals surface area contributed by atoms with E-state index in [2.05, 4.69) is 30.9 Å². The number of aromatic nitrogens is 5. The molecule has 36 heavy (non-hydrogen) atoms. The van der Waals surface area contributed by atoms with Gasteiger partial charge in [-0.3, -0.25) is 4.79 Å². The van der Waals surface area contributed by atoms with Crippen LogP contribution in [0.1, 0.15) is 65.0 Å². The quantitative estimate of drug-likeness (QED) is 0.412. The molecule has 0 spiro atoms. The van der Waals surface area contributed by atoms with E-state index in [1.807, 2.05) is 30.0 Å². The summed E-state index contributed by atoms with van der Waals surface area (Å²) < 4.78 is 18.8. The van der Waals surface area contributed by atoms with Gasteiger partial charge in [0.1, 0.15) is 17.3 Å². The van der Waals surface area contributed by atoms with Gasteiger partial charge in [-0.1, -0.05) is 6.07 Å². The van der Waals surface area contributed by atoms with Gasteiger partial charge in [-0.25, -0.2) is 19.3 Å². The lowest BCUT2D eigenvalue weighted by Gasteiger charge is -2.14. The van der Waals surface area contributed by atoms with Gasteiger partial charge in [0.25, 0.3) is 5.91 Å². The molecule has 180 valence electrons. The molecule has 1 N–H and O–H groups in total. The zero-order valence-corrected chi connectivity index (χ0v) is 19.8. The summed E-state index contributed by atoms with van der Waals surface area (Å²) in [7, 11) is 0. The average molecular weight is 482 g/mol. The number of pyridine rings is 1. The minimum atomic E-state index is -0.599. The molecule has 0 saturated heterocycles. The first kappa shape index (κ1) is 22.2. The van der Waals surface area contributed by atoms with Gasteiger partial charge in [0, 0.05) is 30.0 Å². The molecule has 1 saturated carbocycles. The summed E-state index contributed by atoms with van der Waals surface area (Å²) in [4.78, 5) is 26.7. The van der Waals surface area contributed by atoms with Crippen molar-refractivity contribution in [2.24, 2.45) is 0 Å². The van der Waals surface area contributed by atoms with E-state index in [1.165, 1.54) is 6.07 Å². The predicted molar refractivity (Wildman–Crippen MR) is 131 cm³/mol. The standard InChI is InChI=1S/C27H24FN7O/c1-16-11-21(28)20(12-24(16)34-14-23(31-15-34)17-5-6-17)27(36)33-25-4-2-3-22(32-25)26-30-13-19-8-7-18(9-10-29)35(19)26/h2-4,11-15,17-18H,5-9H2,1H3,(H,32,33,36)/t18-/m1/s1. The third-order valence-electron chi connectivity index (χ3n) is 6.93. The molecule has 1 aromatic carbocycles. The van der Waals surface area contributed by atoms with Crippen LogP contribution in [0, 0.1) is 24.1 Å². The fourth-order valence-electron chi connectivity index (χ4n) is 4.91. The van der Waals surface area contributed by atoms with Crippen molar-refractivity contribution >= 4 is 11.7 Å². The van der Waals surface area contributed by atoms with Crippen LogP contribution >= 0.6 is 0 Å². The summed E-state index contributed by atoms with van der Waals surface area (Å²) in [5.74, 6) is 0.271. The highest BCUT2D eigenvalue weighted by Gasteiger charge is 2.27. The number of aryl methyl sites for hydroxylation is 2. The van der Waals surface area contributed by atoms with E-state index in [4.69, 9.17) is 0 Å². The summed E-state index contributed by atoms with van der Waals surface area (Å²) >= 11 is 0. The zero-order valence-electron chi connectivity index (χ0n) is 19.8. The molecule has 1 atom stereocenters. The van der Waals surface area contributed by atoms with Crippen LogP contribution in [-0.2, 0) is 6.42 Å². The first-order chi connectivity index (χ1) is 17.5. The number of nitriles is 1. The molecule has 1 fully saturated rings. The SMILES string of the molecule is Cc1cc(F)c(C(=O)Nc2cccc(-c3ncc4n3[C@@H](CC#N)CC4)n2)cc1-n1cnc(C2CC2)c1. The molecule has 8 nitrogen and oxygen atoms in total. The molecule has 0 radical (unpaired) electrons. The summed E-state index contributed by atoms with van der Waals surface area (Å²) in [5, 5.41) is 11.9. The minimum Gasteiger partial charge on any atom is -0.323 e. The first-order valence-corrected chi connectivity index (χ1v) is 12.1. The highest BCUT2D eigenvalue weighted by Crippen LogP contribution is 2.39. The van der Waals surface area contributed by atoms with Crippen molar-refractivity contribution in [3.63, 3.8) is 0 Å². The molecular weight excluding hydrogens is 457 g/mol. The maximum atomic E-state index is 14.9. The van der Waals surface area contributed by atoms with Crippen molar-refractivity contribution in [2.45, 2.75) is 51.0 Å². The zero-order chi connectivity index (χ0) is 24.8. The van der Waals surface area contributed by atoms with Crippen LogP contribution in [0.2, 0.25) is 0 Å². The van der Waals surface area contributed by atoms with E-state index in [-0.39, 0.29) is 11.6 Å². The number of carbonyl (C=O) groups excluding carboxylic acids is 1. The Bertz CT molecular complexity index is 1530. The Hall–Kier alpha value is -4.32. The van der Waals surface area contributed by atoms with Crippen LogP contribution in [0.3, 0.4) is 0 Å². The number of halogens is 1. The van der Waals surface area contributed by atoms with Crippen LogP contribution in [0.5, 0.6) is 0 Å².